The molecule has 1 saturated carbocycles. The van der Waals surface area contributed by atoms with Crippen molar-refractivity contribution in [2.75, 3.05) is 20.3 Å². The van der Waals surface area contributed by atoms with Crippen LogP contribution < -0.4 is 0 Å². The Hall–Kier alpha value is -1.87. The van der Waals surface area contributed by atoms with Gasteiger partial charge in [-0.1, -0.05) is 65.0 Å². The van der Waals surface area contributed by atoms with Crippen molar-refractivity contribution in [2.45, 2.75) is 65.7 Å². The van der Waals surface area contributed by atoms with Crippen LogP contribution >= 0.6 is 0 Å². The number of carbonyl (C=O) groups is 1. The van der Waals surface area contributed by atoms with Crippen LogP contribution in [0.25, 0.3) is 0 Å². The molecule has 1 aliphatic carbocycles. The van der Waals surface area contributed by atoms with Crippen LogP contribution in [0.1, 0.15) is 77.0 Å². The molecule has 160 valence electrons. The second-order valence-electron chi connectivity index (χ2n) is 9.07. The predicted octanol–water partition coefficient (Wildman–Crippen LogP) is 6.15. The SMILES string of the molecule is CCOC(=O)/C=C(C)/C=C/[C@@H]1[C@H](COC)[C@@]1(C)c1cc(C(C)C)cc(C(C)C)c1. The average Bonchev–Trinajstić information content (AvgIpc) is 3.23. The minimum Gasteiger partial charge on any atom is -0.463 e. The normalized spacial score (nSPS) is 24.6. The lowest BCUT2D eigenvalue weighted by Gasteiger charge is -2.19. The standard InChI is InChI=1S/C26H38O3/c1-9-29-25(27)12-19(6)10-11-23-24(16-28-8)26(23,7)22-14-20(17(2)3)13-21(15-22)18(4)5/h10-15,17-18,23-24H,9,16H2,1-8H3/b11-10+,19-12+/t23-,24+,26+/m1/s1. The third-order valence-corrected chi connectivity index (χ3v) is 6.26. The van der Waals surface area contributed by atoms with Gasteiger partial charge in [0.15, 0.2) is 0 Å². The smallest absolute Gasteiger partial charge is 0.330 e. The molecule has 0 aromatic heterocycles. The zero-order chi connectivity index (χ0) is 21.8. The van der Waals surface area contributed by atoms with Crippen LogP contribution in [0.2, 0.25) is 0 Å². The monoisotopic (exact) mass is 398 g/mol. The molecule has 3 atom stereocenters. The van der Waals surface area contributed by atoms with Gasteiger partial charge in [0.25, 0.3) is 0 Å². The Labute approximate surface area is 177 Å². The van der Waals surface area contributed by atoms with Gasteiger partial charge in [-0.05, 0) is 59.8 Å². The maximum Gasteiger partial charge on any atom is 0.330 e. The molecule has 1 aromatic carbocycles. The number of rotatable bonds is 9. The molecule has 0 radical (unpaired) electrons. The first kappa shape index (κ1) is 23.4. The first-order chi connectivity index (χ1) is 13.6. The highest BCUT2D eigenvalue weighted by atomic mass is 16.5. The second kappa shape index (κ2) is 9.75. The van der Waals surface area contributed by atoms with Crippen molar-refractivity contribution in [1.29, 1.82) is 0 Å². The number of hydrogen-bond donors (Lipinski definition) is 0. The molecule has 2 rings (SSSR count). The molecular weight excluding hydrogens is 360 g/mol. The number of hydrogen-bond acceptors (Lipinski definition) is 3. The maximum absolute atomic E-state index is 11.7. The number of allylic oxidation sites excluding steroid dienone is 3. The molecule has 0 N–H and O–H groups in total. The number of esters is 1. The van der Waals surface area contributed by atoms with Crippen molar-refractivity contribution in [3.63, 3.8) is 0 Å². The van der Waals surface area contributed by atoms with E-state index >= 15 is 0 Å². The fourth-order valence-corrected chi connectivity index (χ4v) is 4.16. The van der Waals surface area contributed by atoms with E-state index in [0.717, 1.165) is 12.2 Å². The Balaban J connectivity index is 2.35. The lowest BCUT2D eigenvalue weighted by atomic mass is 9.86. The third kappa shape index (κ3) is 5.39. The Morgan fingerprint density at radius 1 is 1.14 bits per heavy atom. The molecule has 0 amide bonds. The van der Waals surface area contributed by atoms with E-state index in [1.807, 2.05) is 19.9 Å². The summed E-state index contributed by atoms with van der Waals surface area (Å²) in [5.74, 6) is 1.53. The summed E-state index contributed by atoms with van der Waals surface area (Å²) in [5.41, 5.74) is 5.16. The lowest BCUT2D eigenvalue weighted by Crippen LogP contribution is -2.10. The van der Waals surface area contributed by atoms with Gasteiger partial charge in [0.1, 0.15) is 0 Å². The fraction of sp³-hybridized carbons (Fsp3) is 0.577. The van der Waals surface area contributed by atoms with E-state index in [9.17, 15) is 4.79 Å². The zero-order valence-electron chi connectivity index (χ0n) is 19.4. The molecule has 0 heterocycles. The van der Waals surface area contributed by atoms with Crippen LogP contribution in [0.15, 0.2) is 42.0 Å². The van der Waals surface area contributed by atoms with E-state index in [1.165, 1.54) is 16.7 Å². The molecule has 29 heavy (non-hydrogen) atoms. The van der Waals surface area contributed by atoms with Crippen molar-refractivity contribution in [1.82, 2.24) is 0 Å². The molecule has 0 spiro atoms. The van der Waals surface area contributed by atoms with E-state index in [2.05, 4.69) is 58.9 Å². The number of methoxy groups -OCH3 is 1. The Morgan fingerprint density at radius 3 is 2.21 bits per heavy atom. The highest BCUT2D eigenvalue weighted by molar-refractivity contribution is 5.83. The average molecular weight is 399 g/mol. The van der Waals surface area contributed by atoms with Gasteiger partial charge in [-0.3, -0.25) is 0 Å². The van der Waals surface area contributed by atoms with Gasteiger partial charge in [0.2, 0.25) is 0 Å². The van der Waals surface area contributed by atoms with Crippen LogP contribution in [0, 0.1) is 11.8 Å². The van der Waals surface area contributed by atoms with Gasteiger partial charge >= 0.3 is 5.97 Å². The van der Waals surface area contributed by atoms with Gasteiger partial charge in [-0.2, -0.15) is 0 Å². The predicted molar refractivity (Wildman–Crippen MR) is 120 cm³/mol. The van der Waals surface area contributed by atoms with E-state index < -0.39 is 0 Å². The third-order valence-electron chi connectivity index (χ3n) is 6.26. The fourth-order valence-electron chi connectivity index (χ4n) is 4.16. The molecule has 0 unspecified atom stereocenters. The highest BCUT2D eigenvalue weighted by Gasteiger charge is 2.60. The molecule has 1 aliphatic rings. The van der Waals surface area contributed by atoms with Gasteiger partial charge in [0.05, 0.1) is 13.2 Å². The van der Waals surface area contributed by atoms with E-state index in [-0.39, 0.29) is 11.4 Å². The summed E-state index contributed by atoms with van der Waals surface area (Å²) in [6, 6.07) is 7.12. The largest absolute Gasteiger partial charge is 0.463 e. The first-order valence-corrected chi connectivity index (χ1v) is 10.8. The number of ether oxygens (including phenoxy) is 2. The summed E-state index contributed by atoms with van der Waals surface area (Å²) in [6.07, 6.45) is 5.85. The van der Waals surface area contributed by atoms with Crippen molar-refractivity contribution in [3.8, 4) is 0 Å². The molecule has 0 aliphatic heterocycles. The number of benzene rings is 1. The minimum absolute atomic E-state index is 0.0469. The van der Waals surface area contributed by atoms with Crippen molar-refractivity contribution in [2.24, 2.45) is 11.8 Å². The molecule has 1 fully saturated rings. The van der Waals surface area contributed by atoms with Crippen molar-refractivity contribution in [3.05, 3.63) is 58.7 Å². The van der Waals surface area contributed by atoms with Crippen molar-refractivity contribution >= 4 is 5.97 Å². The van der Waals surface area contributed by atoms with Crippen LogP contribution in [0.5, 0.6) is 0 Å². The van der Waals surface area contributed by atoms with Gasteiger partial charge in [0, 0.05) is 18.6 Å². The summed E-state index contributed by atoms with van der Waals surface area (Å²) in [7, 11) is 1.77. The zero-order valence-corrected chi connectivity index (χ0v) is 19.4. The molecule has 3 heteroatoms. The molecule has 1 aromatic rings. The van der Waals surface area contributed by atoms with Crippen molar-refractivity contribution < 1.29 is 14.3 Å². The maximum atomic E-state index is 11.7. The summed E-state index contributed by atoms with van der Waals surface area (Å²) in [4.78, 5) is 11.7. The van der Waals surface area contributed by atoms with Gasteiger partial charge in [-0.25, -0.2) is 4.79 Å². The van der Waals surface area contributed by atoms with Crippen LogP contribution in [0.4, 0.5) is 0 Å². The molecular formula is C26H38O3. The summed E-state index contributed by atoms with van der Waals surface area (Å²) < 4.78 is 10.6. The van der Waals surface area contributed by atoms with Crippen LogP contribution in [0.3, 0.4) is 0 Å². The molecule has 0 bridgehead atoms. The van der Waals surface area contributed by atoms with Crippen LogP contribution in [-0.2, 0) is 19.7 Å². The Kier molecular flexibility index (Phi) is 7.87. The summed E-state index contributed by atoms with van der Waals surface area (Å²) >= 11 is 0. The second-order valence-corrected chi connectivity index (χ2v) is 9.07. The highest BCUT2D eigenvalue weighted by Crippen LogP contribution is 2.61. The van der Waals surface area contributed by atoms with E-state index in [0.29, 0.717) is 30.3 Å². The number of carbonyl (C=O) groups excluding carboxylic acids is 1. The van der Waals surface area contributed by atoms with Crippen LogP contribution in [-0.4, -0.2) is 26.3 Å². The molecule has 0 saturated heterocycles. The van der Waals surface area contributed by atoms with E-state index in [4.69, 9.17) is 9.47 Å². The van der Waals surface area contributed by atoms with Gasteiger partial charge < -0.3 is 9.47 Å². The molecule has 3 nitrogen and oxygen atoms in total. The van der Waals surface area contributed by atoms with Gasteiger partial charge in [-0.15, -0.1) is 0 Å². The topological polar surface area (TPSA) is 35.5 Å². The summed E-state index contributed by atoms with van der Waals surface area (Å²) in [6.45, 7) is 16.3. The first-order valence-electron chi connectivity index (χ1n) is 10.8. The summed E-state index contributed by atoms with van der Waals surface area (Å²) in [5, 5.41) is 0. The Bertz CT molecular complexity index is 746. The minimum atomic E-state index is -0.284. The quantitative estimate of drug-likeness (QED) is 0.284. The lowest BCUT2D eigenvalue weighted by molar-refractivity contribution is -0.137. The Morgan fingerprint density at radius 2 is 1.72 bits per heavy atom. The van der Waals surface area contributed by atoms with E-state index in [1.54, 1.807) is 13.2 Å².